The number of rotatable bonds is 7. The number of amides is 1. The number of methoxy groups -OCH3 is 1. The van der Waals surface area contributed by atoms with Crippen LogP contribution in [0, 0.1) is 5.92 Å². The van der Waals surface area contributed by atoms with Crippen LogP contribution in [-0.2, 0) is 4.79 Å². The fourth-order valence-corrected chi connectivity index (χ4v) is 4.73. The first-order valence-corrected chi connectivity index (χ1v) is 9.87. The van der Waals surface area contributed by atoms with Gasteiger partial charge in [0.15, 0.2) is 0 Å². The topological polar surface area (TPSA) is 64.7 Å². The molecular weight excluding hydrogens is 344 g/mol. The Morgan fingerprint density at radius 1 is 1.35 bits per heavy atom. The van der Waals surface area contributed by atoms with Gasteiger partial charge in [-0.15, -0.1) is 0 Å². The SMILES string of the molecule is COc1cccc(/C=C/C2=NC2(C)SC2=C(C(C)C(N)=O)CCCC2)c1. The molecule has 1 aliphatic heterocycles. The van der Waals surface area contributed by atoms with E-state index < -0.39 is 0 Å². The van der Waals surface area contributed by atoms with Crippen molar-refractivity contribution >= 4 is 29.5 Å². The molecule has 0 saturated heterocycles. The number of primary amides is 1. The molecule has 0 aromatic heterocycles. The van der Waals surface area contributed by atoms with E-state index in [1.54, 1.807) is 18.9 Å². The minimum absolute atomic E-state index is 0.184. The highest BCUT2D eigenvalue weighted by molar-refractivity contribution is 8.05. The molecule has 0 saturated carbocycles. The van der Waals surface area contributed by atoms with E-state index in [0.29, 0.717) is 0 Å². The van der Waals surface area contributed by atoms with Crippen LogP contribution in [0.1, 0.15) is 45.1 Å². The van der Waals surface area contributed by atoms with Crippen LogP contribution in [0.15, 0.2) is 45.8 Å². The summed E-state index contributed by atoms with van der Waals surface area (Å²) < 4.78 is 5.26. The lowest BCUT2D eigenvalue weighted by Crippen LogP contribution is -2.24. The minimum Gasteiger partial charge on any atom is -0.497 e. The third-order valence-electron chi connectivity index (χ3n) is 5.02. The Bertz CT molecular complexity index is 797. The molecule has 1 aromatic rings. The van der Waals surface area contributed by atoms with E-state index in [-0.39, 0.29) is 16.7 Å². The summed E-state index contributed by atoms with van der Waals surface area (Å²) in [5, 5.41) is 0. The fourth-order valence-electron chi connectivity index (χ4n) is 3.28. The molecule has 0 spiro atoms. The Hall–Kier alpha value is -2.01. The summed E-state index contributed by atoms with van der Waals surface area (Å²) in [4.78, 5) is 17.4. The molecule has 0 bridgehead atoms. The summed E-state index contributed by atoms with van der Waals surface area (Å²) in [6.45, 7) is 4.06. The Kier molecular flexibility index (Phi) is 5.56. The van der Waals surface area contributed by atoms with Crippen LogP contribution in [0.3, 0.4) is 0 Å². The largest absolute Gasteiger partial charge is 0.497 e. The van der Waals surface area contributed by atoms with Gasteiger partial charge in [0, 0.05) is 0 Å². The Morgan fingerprint density at radius 2 is 2.12 bits per heavy atom. The molecule has 0 radical (unpaired) electrons. The van der Waals surface area contributed by atoms with E-state index in [1.165, 1.54) is 16.9 Å². The van der Waals surface area contributed by atoms with Crippen molar-refractivity contribution < 1.29 is 9.53 Å². The molecule has 0 fully saturated rings. The number of carbonyl (C=O) groups is 1. The molecule has 2 aliphatic rings. The lowest BCUT2D eigenvalue weighted by atomic mass is 9.90. The molecule has 1 aliphatic carbocycles. The number of benzene rings is 1. The van der Waals surface area contributed by atoms with Crippen molar-refractivity contribution in [1.29, 1.82) is 0 Å². The van der Waals surface area contributed by atoms with Crippen LogP contribution in [0.5, 0.6) is 5.75 Å². The predicted octanol–water partition coefficient (Wildman–Crippen LogP) is 4.56. The lowest BCUT2D eigenvalue weighted by Gasteiger charge is -2.24. The number of nitrogens with two attached hydrogens (primary N) is 1. The van der Waals surface area contributed by atoms with Gasteiger partial charge in [0.2, 0.25) is 5.91 Å². The summed E-state index contributed by atoms with van der Waals surface area (Å²) in [5.74, 6) is 0.426. The summed E-state index contributed by atoms with van der Waals surface area (Å²) in [6, 6.07) is 7.96. The van der Waals surface area contributed by atoms with Crippen LogP contribution < -0.4 is 10.5 Å². The third-order valence-corrected chi connectivity index (χ3v) is 6.43. The maximum Gasteiger partial charge on any atom is 0.224 e. The second kappa shape index (κ2) is 7.70. The van der Waals surface area contributed by atoms with Crippen molar-refractivity contribution in [2.45, 2.75) is 44.4 Å². The maximum atomic E-state index is 11.6. The molecule has 2 N–H and O–H groups in total. The summed E-state index contributed by atoms with van der Waals surface area (Å²) in [5.41, 5.74) is 8.92. The number of hydrogen-bond donors (Lipinski definition) is 1. The fraction of sp³-hybridized carbons (Fsp3) is 0.429. The van der Waals surface area contributed by atoms with Gasteiger partial charge < -0.3 is 10.5 Å². The highest BCUT2D eigenvalue weighted by atomic mass is 32.2. The molecule has 1 heterocycles. The number of thioether (sulfide) groups is 1. The minimum atomic E-state index is -0.236. The lowest BCUT2D eigenvalue weighted by molar-refractivity contribution is -0.120. The Labute approximate surface area is 159 Å². The highest BCUT2D eigenvalue weighted by Gasteiger charge is 2.43. The van der Waals surface area contributed by atoms with Crippen molar-refractivity contribution in [1.82, 2.24) is 0 Å². The summed E-state index contributed by atoms with van der Waals surface area (Å²) in [7, 11) is 1.67. The molecule has 2 atom stereocenters. The van der Waals surface area contributed by atoms with E-state index in [2.05, 4.69) is 24.1 Å². The zero-order valence-electron chi connectivity index (χ0n) is 15.6. The van der Waals surface area contributed by atoms with Gasteiger partial charge in [0.05, 0.1) is 18.7 Å². The quantitative estimate of drug-likeness (QED) is 0.765. The second-order valence-corrected chi connectivity index (χ2v) is 8.46. The van der Waals surface area contributed by atoms with Crippen LogP contribution in [0.4, 0.5) is 0 Å². The van der Waals surface area contributed by atoms with Gasteiger partial charge in [-0.05, 0) is 73.8 Å². The van der Waals surface area contributed by atoms with Gasteiger partial charge in [0.25, 0.3) is 0 Å². The molecule has 2 unspecified atom stereocenters. The predicted molar refractivity (Wildman–Crippen MR) is 109 cm³/mol. The van der Waals surface area contributed by atoms with Crippen LogP contribution in [-0.4, -0.2) is 23.6 Å². The van der Waals surface area contributed by atoms with Gasteiger partial charge in [-0.1, -0.05) is 30.0 Å². The molecule has 1 aromatic carbocycles. The van der Waals surface area contributed by atoms with Gasteiger partial charge in [-0.2, -0.15) is 0 Å². The van der Waals surface area contributed by atoms with E-state index in [0.717, 1.165) is 36.3 Å². The molecule has 5 heteroatoms. The molecular formula is C21H26N2O2S. The number of carbonyl (C=O) groups excluding carboxylic acids is 1. The van der Waals surface area contributed by atoms with Crippen molar-refractivity contribution in [3.8, 4) is 5.75 Å². The van der Waals surface area contributed by atoms with Gasteiger partial charge in [0.1, 0.15) is 10.6 Å². The Morgan fingerprint density at radius 3 is 2.85 bits per heavy atom. The first-order valence-electron chi connectivity index (χ1n) is 9.05. The summed E-state index contributed by atoms with van der Waals surface area (Å²) >= 11 is 1.79. The average Bonchev–Trinajstić information content (AvgIpc) is 3.29. The molecule has 3 rings (SSSR count). The molecule has 26 heavy (non-hydrogen) atoms. The number of allylic oxidation sites excluding steroid dienone is 1. The number of aliphatic imine (C=N–C) groups is 1. The first kappa shape index (κ1) is 18.8. The van der Waals surface area contributed by atoms with Gasteiger partial charge in [-0.25, -0.2) is 0 Å². The maximum absolute atomic E-state index is 11.6. The van der Waals surface area contributed by atoms with Crippen molar-refractivity contribution in [2.24, 2.45) is 16.6 Å². The smallest absolute Gasteiger partial charge is 0.224 e. The van der Waals surface area contributed by atoms with Gasteiger partial charge >= 0.3 is 0 Å². The zero-order chi connectivity index (χ0) is 18.7. The Balaban J connectivity index is 1.69. The van der Waals surface area contributed by atoms with Crippen molar-refractivity contribution in [3.05, 3.63) is 46.4 Å². The van der Waals surface area contributed by atoms with Crippen molar-refractivity contribution in [2.75, 3.05) is 7.11 Å². The third kappa shape index (κ3) is 4.21. The van der Waals surface area contributed by atoms with E-state index in [1.807, 2.05) is 31.2 Å². The molecule has 4 nitrogen and oxygen atoms in total. The van der Waals surface area contributed by atoms with Gasteiger partial charge in [-0.3, -0.25) is 9.79 Å². The standard InChI is InChI=1S/C21H26N2O2S/c1-14(20(22)24)17-9-4-5-10-18(17)26-21(2)19(23-21)12-11-15-7-6-8-16(13-15)25-3/h6-8,11-14H,4-5,9-10H2,1-3H3,(H2,22,24)/b12-11+. The number of nitrogens with zero attached hydrogens (tertiary/aromatic N) is 1. The van der Waals surface area contributed by atoms with Crippen LogP contribution >= 0.6 is 11.8 Å². The number of ether oxygens (including phenoxy) is 1. The van der Waals surface area contributed by atoms with Crippen LogP contribution in [0.2, 0.25) is 0 Å². The highest BCUT2D eigenvalue weighted by Crippen LogP contribution is 2.49. The second-order valence-electron chi connectivity index (χ2n) is 6.97. The first-order chi connectivity index (χ1) is 12.4. The molecule has 138 valence electrons. The van der Waals surface area contributed by atoms with E-state index >= 15 is 0 Å². The summed E-state index contributed by atoms with van der Waals surface area (Å²) in [6.07, 6.45) is 8.43. The van der Waals surface area contributed by atoms with Crippen molar-refractivity contribution in [3.63, 3.8) is 0 Å². The normalized spacial score (nSPS) is 23.7. The van der Waals surface area contributed by atoms with E-state index in [9.17, 15) is 4.79 Å². The number of hydrogen-bond acceptors (Lipinski definition) is 4. The monoisotopic (exact) mass is 370 g/mol. The van der Waals surface area contributed by atoms with Crippen LogP contribution in [0.25, 0.3) is 6.08 Å². The zero-order valence-corrected chi connectivity index (χ0v) is 16.4. The van der Waals surface area contributed by atoms with E-state index in [4.69, 9.17) is 10.5 Å². The average molecular weight is 371 g/mol. The molecule has 1 amide bonds.